The molecule has 2 aliphatic heterocycles. The van der Waals surface area contributed by atoms with E-state index in [0.29, 0.717) is 5.75 Å². The molecule has 2 heterocycles. The second-order valence-electron chi connectivity index (χ2n) is 6.99. The maximum absolute atomic E-state index is 10.4. The molecule has 4 rings (SSSR count). The molecule has 138 valence electrons. The van der Waals surface area contributed by atoms with Gasteiger partial charge in [0.1, 0.15) is 17.2 Å². The van der Waals surface area contributed by atoms with Crippen molar-refractivity contribution in [2.24, 2.45) is 0 Å². The molecular formula is C21H25NO4. The van der Waals surface area contributed by atoms with Crippen LogP contribution in [0.3, 0.4) is 0 Å². The summed E-state index contributed by atoms with van der Waals surface area (Å²) in [5, 5.41) is 10.4. The number of hydrogen-bond acceptors (Lipinski definition) is 5. The van der Waals surface area contributed by atoms with E-state index in [0.717, 1.165) is 35.7 Å². The number of fused-ring (bicyclic) bond motifs is 2. The first-order valence-corrected chi connectivity index (χ1v) is 9.18. The Hall–Kier alpha value is -2.24. The summed E-state index contributed by atoms with van der Waals surface area (Å²) < 4.78 is 16.7. The molecule has 0 aliphatic carbocycles. The molecule has 2 atom stereocenters. The SMILES string of the molecule is COCOc1ccc2c(c1)Oc1cc(N3CCCC3)ccc1C2C(C)O. The second kappa shape index (κ2) is 7.17. The zero-order valence-corrected chi connectivity index (χ0v) is 15.3. The Kier molecular flexibility index (Phi) is 4.74. The van der Waals surface area contributed by atoms with Crippen molar-refractivity contribution in [1.29, 1.82) is 0 Å². The van der Waals surface area contributed by atoms with Crippen LogP contribution in [0.2, 0.25) is 0 Å². The van der Waals surface area contributed by atoms with Crippen molar-refractivity contribution in [2.45, 2.75) is 31.8 Å². The molecule has 1 fully saturated rings. The molecular weight excluding hydrogens is 330 g/mol. The largest absolute Gasteiger partial charge is 0.467 e. The summed E-state index contributed by atoms with van der Waals surface area (Å²) in [6, 6.07) is 12.1. The summed E-state index contributed by atoms with van der Waals surface area (Å²) in [5.41, 5.74) is 3.19. The third-order valence-electron chi connectivity index (χ3n) is 5.17. The maximum Gasteiger partial charge on any atom is 0.188 e. The normalized spacial score (nSPS) is 19.5. The molecule has 0 saturated carbocycles. The van der Waals surface area contributed by atoms with Gasteiger partial charge in [-0.3, -0.25) is 0 Å². The summed E-state index contributed by atoms with van der Waals surface area (Å²) in [5.74, 6) is 2.12. The highest BCUT2D eigenvalue weighted by Gasteiger charge is 2.31. The number of benzene rings is 2. The highest BCUT2D eigenvalue weighted by atomic mass is 16.7. The summed E-state index contributed by atoms with van der Waals surface area (Å²) in [6.07, 6.45) is 1.95. The van der Waals surface area contributed by atoms with Crippen LogP contribution < -0.4 is 14.4 Å². The van der Waals surface area contributed by atoms with Crippen molar-refractivity contribution >= 4 is 5.69 Å². The lowest BCUT2D eigenvalue weighted by Crippen LogP contribution is -2.22. The molecule has 1 N–H and O–H groups in total. The van der Waals surface area contributed by atoms with Gasteiger partial charge in [0.25, 0.3) is 0 Å². The van der Waals surface area contributed by atoms with Crippen molar-refractivity contribution < 1.29 is 19.3 Å². The molecule has 1 saturated heterocycles. The Morgan fingerprint density at radius 1 is 1.12 bits per heavy atom. The lowest BCUT2D eigenvalue weighted by atomic mass is 9.84. The van der Waals surface area contributed by atoms with Gasteiger partial charge in [0.15, 0.2) is 6.79 Å². The fourth-order valence-electron chi connectivity index (χ4n) is 3.92. The molecule has 0 amide bonds. The van der Waals surface area contributed by atoms with Gasteiger partial charge in [-0.1, -0.05) is 12.1 Å². The van der Waals surface area contributed by atoms with Crippen molar-refractivity contribution in [1.82, 2.24) is 0 Å². The quantitative estimate of drug-likeness (QED) is 0.825. The summed E-state index contributed by atoms with van der Waals surface area (Å²) in [4.78, 5) is 2.38. The predicted molar refractivity (Wildman–Crippen MR) is 100 cm³/mol. The van der Waals surface area contributed by atoms with Gasteiger partial charge in [0.2, 0.25) is 0 Å². The van der Waals surface area contributed by atoms with Gasteiger partial charge in [-0.25, -0.2) is 0 Å². The zero-order valence-electron chi connectivity index (χ0n) is 15.3. The minimum absolute atomic E-state index is 0.113. The van der Waals surface area contributed by atoms with Crippen LogP contribution in [0, 0.1) is 0 Å². The fraction of sp³-hybridized carbons (Fsp3) is 0.429. The fourth-order valence-corrected chi connectivity index (χ4v) is 3.92. The Labute approximate surface area is 154 Å². The smallest absolute Gasteiger partial charge is 0.188 e. The molecule has 0 bridgehead atoms. The first kappa shape index (κ1) is 17.2. The van der Waals surface area contributed by atoms with E-state index in [-0.39, 0.29) is 12.7 Å². The molecule has 5 nitrogen and oxygen atoms in total. The summed E-state index contributed by atoms with van der Waals surface area (Å²) in [7, 11) is 1.59. The second-order valence-corrected chi connectivity index (χ2v) is 6.99. The van der Waals surface area contributed by atoms with Gasteiger partial charge in [-0.05, 0) is 31.9 Å². The van der Waals surface area contributed by atoms with E-state index < -0.39 is 6.10 Å². The van der Waals surface area contributed by atoms with E-state index >= 15 is 0 Å². The lowest BCUT2D eigenvalue weighted by Gasteiger charge is -2.31. The van der Waals surface area contributed by atoms with Crippen LogP contribution in [0.25, 0.3) is 0 Å². The lowest BCUT2D eigenvalue weighted by molar-refractivity contribution is 0.0509. The third-order valence-corrected chi connectivity index (χ3v) is 5.17. The number of hydrogen-bond donors (Lipinski definition) is 1. The number of nitrogens with zero attached hydrogens (tertiary/aromatic N) is 1. The van der Waals surface area contributed by atoms with E-state index in [1.807, 2.05) is 25.1 Å². The standard InChI is InChI=1S/C21H25NO4/c1-14(23)21-17-7-5-15(22-9-3-4-10-22)11-19(17)26-20-12-16(25-13-24-2)6-8-18(20)21/h5-8,11-12,14,21,23H,3-4,9-10,13H2,1-2H3. The first-order valence-electron chi connectivity index (χ1n) is 9.18. The first-order chi connectivity index (χ1) is 12.7. The van der Waals surface area contributed by atoms with Gasteiger partial charge in [-0.15, -0.1) is 0 Å². The Bertz CT molecular complexity index is 784. The van der Waals surface area contributed by atoms with Crippen LogP contribution in [0.15, 0.2) is 36.4 Å². The summed E-state index contributed by atoms with van der Waals surface area (Å²) >= 11 is 0. The monoisotopic (exact) mass is 355 g/mol. The molecule has 5 heteroatoms. The minimum Gasteiger partial charge on any atom is -0.467 e. The molecule has 2 aliphatic rings. The van der Waals surface area contributed by atoms with E-state index in [2.05, 4.69) is 23.1 Å². The number of rotatable bonds is 5. The molecule has 2 aromatic rings. The molecule has 0 radical (unpaired) electrons. The van der Waals surface area contributed by atoms with Crippen LogP contribution in [0.1, 0.15) is 36.8 Å². The van der Waals surface area contributed by atoms with E-state index in [1.165, 1.54) is 18.5 Å². The van der Waals surface area contributed by atoms with Crippen LogP contribution >= 0.6 is 0 Å². The average Bonchev–Trinajstić information content (AvgIpc) is 3.18. The highest BCUT2D eigenvalue weighted by molar-refractivity contribution is 5.62. The van der Waals surface area contributed by atoms with Gasteiger partial charge >= 0.3 is 0 Å². The van der Waals surface area contributed by atoms with E-state index in [1.54, 1.807) is 7.11 Å². The van der Waals surface area contributed by atoms with E-state index in [4.69, 9.17) is 14.2 Å². The highest BCUT2D eigenvalue weighted by Crippen LogP contribution is 2.48. The molecule has 26 heavy (non-hydrogen) atoms. The van der Waals surface area contributed by atoms with Gasteiger partial charge < -0.3 is 24.2 Å². The molecule has 2 aromatic carbocycles. The Morgan fingerprint density at radius 2 is 1.81 bits per heavy atom. The van der Waals surface area contributed by atoms with Crippen LogP contribution in [-0.2, 0) is 4.74 Å². The van der Waals surface area contributed by atoms with Gasteiger partial charge in [0.05, 0.1) is 6.10 Å². The Balaban J connectivity index is 1.71. The van der Waals surface area contributed by atoms with Crippen LogP contribution in [0.5, 0.6) is 17.2 Å². The number of anilines is 1. The zero-order chi connectivity index (χ0) is 18.1. The number of methoxy groups -OCH3 is 1. The third kappa shape index (κ3) is 3.13. The summed E-state index contributed by atoms with van der Waals surface area (Å²) in [6.45, 7) is 4.19. The number of aliphatic hydroxyl groups is 1. The Morgan fingerprint density at radius 3 is 2.50 bits per heavy atom. The van der Waals surface area contributed by atoms with Crippen molar-refractivity contribution in [3.8, 4) is 17.2 Å². The molecule has 0 aromatic heterocycles. The molecule has 2 unspecified atom stereocenters. The predicted octanol–water partition coefficient (Wildman–Crippen LogP) is 3.89. The topological polar surface area (TPSA) is 51.2 Å². The maximum atomic E-state index is 10.4. The minimum atomic E-state index is -0.514. The van der Waals surface area contributed by atoms with Gasteiger partial charge in [0, 0.05) is 55.1 Å². The van der Waals surface area contributed by atoms with Crippen molar-refractivity contribution in [3.05, 3.63) is 47.5 Å². The number of ether oxygens (including phenoxy) is 3. The van der Waals surface area contributed by atoms with Crippen LogP contribution in [0.4, 0.5) is 5.69 Å². The molecule has 0 spiro atoms. The average molecular weight is 355 g/mol. The van der Waals surface area contributed by atoms with Crippen LogP contribution in [-0.4, -0.2) is 38.2 Å². The van der Waals surface area contributed by atoms with Gasteiger partial charge in [-0.2, -0.15) is 0 Å². The number of aliphatic hydroxyl groups excluding tert-OH is 1. The van der Waals surface area contributed by atoms with E-state index in [9.17, 15) is 5.11 Å². The van der Waals surface area contributed by atoms with Crippen molar-refractivity contribution in [3.63, 3.8) is 0 Å². The van der Waals surface area contributed by atoms with Crippen molar-refractivity contribution in [2.75, 3.05) is 31.9 Å².